The molecule has 1 fully saturated rings. The molecule has 100 valence electrons. The van der Waals surface area contributed by atoms with Crippen LogP contribution in [-0.4, -0.2) is 32.4 Å². The van der Waals surface area contributed by atoms with Crippen LogP contribution >= 0.6 is 0 Å². The van der Waals surface area contributed by atoms with Gasteiger partial charge in [0.15, 0.2) is 0 Å². The van der Waals surface area contributed by atoms with Gasteiger partial charge in [0.05, 0.1) is 19.3 Å². The van der Waals surface area contributed by atoms with Crippen molar-refractivity contribution in [2.45, 2.75) is 31.9 Å². The predicted octanol–water partition coefficient (Wildman–Crippen LogP) is 2.53. The fraction of sp³-hybridized carbons (Fsp3) is 0.600. The minimum atomic E-state index is 0.132. The fourth-order valence-electron chi connectivity index (χ4n) is 1.90. The fourth-order valence-corrected chi connectivity index (χ4v) is 1.90. The molecule has 1 saturated carbocycles. The smallest absolute Gasteiger partial charge is 0.0950 e. The number of rotatable bonds is 9. The van der Waals surface area contributed by atoms with Crippen LogP contribution in [0, 0.1) is 0 Å². The molecule has 18 heavy (non-hydrogen) atoms. The second-order valence-corrected chi connectivity index (χ2v) is 4.65. The molecule has 0 bridgehead atoms. The zero-order valence-electron chi connectivity index (χ0n) is 11.1. The molecule has 0 amide bonds. The Hall–Kier alpha value is -0.900. The Balaban J connectivity index is 1.81. The topological polar surface area (TPSA) is 30.5 Å². The van der Waals surface area contributed by atoms with Gasteiger partial charge in [-0.25, -0.2) is 0 Å². The van der Waals surface area contributed by atoms with Crippen molar-refractivity contribution in [1.82, 2.24) is 5.32 Å². The normalized spacial score (nSPS) is 16.7. The molecule has 0 aliphatic heterocycles. The number of nitrogens with one attached hydrogen (secondary N) is 1. The number of hydrogen-bond acceptors (Lipinski definition) is 3. The molecule has 2 rings (SSSR count). The van der Waals surface area contributed by atoms with Crippen molar-refractivity contribution in [3.63, 3.8) is 0 Å². The lowest BCUT2D eigenvalue weighted by atomic mass is 10.1. The molecule has 3 heteroatoms. The zero-order valence-corrected chi connectivity index (χ0v) is 11.1. The lowest BCUT2D eigenvalue weighted by Crippen LogP contribution is -2.26. The molecule has 0 radical (unpaired) electrons. The van der Waals surface area contributed by atoms with Crippen LogP contribution in [-0.2, 0) is 9.47 Å². The molecule has 1 aromatic rings. The maximum atomic E-state index is 5.92. The predicted molar refractivity (Wildman–Crippen MR) is 72.7 cm³/mol. The van der Waals surface area contributed by atoms with E-state index in [1.165, 1.54) is 18.4 Å². The van der Waals surface area contributed by atoms with Gasteiger partial charge < -0.3 is 14.8 Å². The second kappa shape index (κ2) is 7.52. The highest BCUT2D eigenvalue weighted by molar-refractivity contribution is 5.18. The summed E-state index contributed by atoms with van der Waals surface area (Å²) in [4.78, 5) is 0. The highest BCUT2D eigenvalue weighted by Gasteiger charge is 2.22. The summed E-state index contributed by atoms with van der Waals surface area (Å²) in [6, 6.07) is 11.1. The van der Waals surface area contributed by atoms with Crippen LogP contribution in [0.5, 0.6) is 0 Å². The van der Waals surface area contributed by atoms with Gasteiger partial charge in [-0.05, 0) is 25.3 Å². The molecule has 0 spiro atoms. The summed E-state index contributed by atoms with van der Waals surface area (Å²) in [5, 5.41) is 3.53. The molecule has 1 aromatic carbocycles. The Morgan fingerprint density at radius 1 is 1.22 bits per heavy atom. The highest BCUT2D eigenvalue weighted by atomic mass is 16.5. The molecule has 1 aliphatic rings. The van der Waals surface area contributed by atoms with E-state index in [1.807, 2.05) is 13.0 Å². The average molecular weight is 249 g/mol. The summed E-state index contributed by atoms with van der Waals surface area (Å²) < 4.78 is 11.2. The van der Waals surface area contributed by atoms with E-state index in [4.69, 9.17) is 9.47 Å². The standard InChI is InChI=1S/C15H23NO2/c1-2-17-10-11-18-15(12-16-14-8-9-14)13-6-4-3-5-7-13/h3-7,14-16H,2,8-12H2,1H3. The van der Waals surface area contributed by atoms with E-state index in [-0.39, 0.29) is 6.10 Å². The van der Waals surface area contributed by atoms with Crippen LogP contribution in [0.15, 0.2) is 30.3 Å². The van der Waals surface area contributed by atoms with E-state index < -0.39 is 0 Å². The van der Waals surface area contributed by atoms with Crippen LogP contribution in [0.2, 0.25) is 0 Å². The van der Waals surface area contributed by atoms with E-state index in [9.17, 15) is 0 Å². The monoisotopic (exact) mass is 249 g/mol. The first-order valence-corrected chi connectivity index (χ1v) is 6.88. The first-order chi connectivity index (χ1) is 8.90. The Kier molecular flexibility index (Phi) is 5.65. The van der Waals surface area contributed by atoms with Gasteiger partial charge in [-0.3, -0.25) is 0 Å². The quantitative estimate of drug-likeness (QED) is 0.682. The summed E-state index contributed by atoms with van der Waals surface area (Å²) in [6.07, 6.45) is 2.74. The average Bonchev–Trinajstić information content (AvgIpc) is 3.23. The number of benzene rings is 1. The minimum absolute atomic E-state index is 0.132. The van der Waals surface area contributed by atoms with Crippen LogP contribution < -0.4 is 5.32 Å². The van der Waals surface area contributed by atoms with Gasteiger partial charge in [0.1, 0.15) is 0 Å². The maximum absolute atomic E-state index is 5.92. The van der Waals surface area contributed by atoms with Gasteiger partial charge in [0, 0.05) is 19.2 Å². The first-order valence-electron chi connectivity index (χ1n) is 6.88. The van der Waals surface area contributed by atoms with Crippen molar-refractivity contribution in [2.75, 3.05) is 26.4 Å². The zero-order chi connectivity index (χ0) is 12.6. The molecule has 1 unspecified atom stereocenters. The molecule has 1 aliphatic carbocycles. The Labute approximate surface area is 109 Å². The lowest BCUT2D eigenvalue weighted by Gasteiger charge is -2.19. The van der Waals surface area contributed by atoms with Crippen molar-refractivity contribution in [2.24, 2.45) is 0 Å². The van der Waals surface area contributed by atoms with E-state index in [0.717, 1.165) is 13.2 Å². The second-order valence-electron chi connectivity index (χ2n) is 4.65. The van der Waals surface area contributed by atoms with Crippen LogP contribution in [0.1, 0.15) is 31.4 Å². The Morgan fingerprint density at radius 3 is 2.67 bits per heavy atom. The van der Waals surface area contributed by atoms with E-state index in [2.05, 4.69) is 29.6 Å². The summed E-state index contributed by atoms with van der Waals surface area (Å²) in [7, 11) is 0. The third kappa shape index (κ3) is 4.77. The van der Waals surface area contributed by atoms with Crippen LogP contribution in [0.3, 0.4) is 0 Å². The molecular weight excluding hydrogens is 226 g/mol. The lowest BCUT2D eigenvalue weighted by molar-refractivity contribution is 0.00672. The van der Waals surface area contributed by atoms with Crippen LogP contribution in [0.25, 0.3) is 0 Å². The van der Waals surface area contributed by atoms with Gasteiger partial charge in [-0.15, -0.1) is 0 Å². The Bertz CT molecular complexity index is 325. The van der Waals surface area contributed by atoms with Gasteiger partial charge in [-0.1, -0.05) is 30.3 Å². The summed E-state index contributed by atoms with van der Waals surface area (Å²) >= 11 is 0. The minimum Gasteiger partial charge on any atom is -0.379 e. The third-order valence-electron chi connectivity index (χ3n) is 3.09. The molecule has 1 atom stereocenters. The third-order valence-corrected chi connectivity index (χ3v) is 3.09. The molecular formula is C15H23NO2. The first kappa shape index (κ1) is 13.5. The summed E-state index contributed by atoms with van der Waals surface area (Å²) in [5.74, 6) is 0. The van der Waals surface area contributed by atoms with Gasteiger partial charge in [0.2, 0.25) is 0 Å². The SMILES string of the molecule is CCOCCOC(CNC1CC1)c1ccccc1. The molecule has 0 aromatic heterocycles. The van der Waals surface area contributed by atoms with Crippen molar-refractivity contribution >= 4 is 0 Å². The van der Waals surface area contributed by atoms with Crippen LogP contribution in [0.4, 0.5) is 0 Å². The maximum Gasteiger partial charge on any atom is 0.0950 e. The van der Waals surface area contributed by atoms with E-state index in [0.29, 0.717) is 19.3 Å². The molecule has 3 nitrogen and oxygen atoms in total. The van der Waals surface area contributed by atoms with Crippen molar-refractivity contribution < 1.29 is 9.47 Å². The largest absolute Gasteiger partial charge is 0.379 e. The highest BCUT2D eigenvalue weighted by Crippen LogP contribution is 2.22. The van der Waals surface area contributed by atoms with Crippen molar-refractivity contribution in [3.8, 4) is 0 Å². The van der Waals surface area contributed by atoms with Gasteiger partial charge in [0.25, 0.3) is 0 Å². The van der Waals surface area contributed by atoms with Crippen molar-refractivity contribution in [1.29, 1.82) is 0 Å². The van der Waals surface area contributed by atoms with Crippen molar-refractivity contribution in [3.05, 3.63) is 35.9 Å². The van der Waals surface area contributed by atoms with Gasteiger partial charge >= 0.3 is 0 Å². The van der Waals surface area contributed by atoms with E-state index >= 15 is 0 Å². The molecule has 0 saturated heterocycles. The molecule has 1 N–H and O–H groups in total. The number of hydrogen-bond donors (Lipinski definition) is 1. The number of ether oxygens (including phenoxy) is 2. The molecule has 0 heterocycles. The Morgan fingerprint density at radius 2 is 2.00 bits per heavy atom. The summed E-state index contributed by atoms with van der Waals surface area (Å²) in [5.41, 5.74) is 1.24. The van der Waals surface area contributed by atoms with E-state index in [1.54, 1.807) is 0 Å². The van der Waals surface area contributed by atoms with Gasteiger partial charge in [-0.2, -0.15) is 0 Å². The summed E-state index contributed by atoms with van der Waals surface area (Å²) in [6.45, 7) is 4.97.